The summed E-state index contributed by atoms with van der Waals surface area (Å²) >= 11 is 0. The van der Waals surface area contributed by atoms with E-state index in [0.717, 1.165) is 140 Å². The van der Waals surface area contributed by atoms with Gasteiger partial charge in [0.25, 0.3) is 6.71 Å². The van der Waals surface area contributed by atoms with E-state index >= 15 is 0 Å². The van der Waals surface area contributed by atoms with Crippen molar-refractivity contribution >= 4 is 57.2 Å². The Morgan fingerprint density at radius 1 is 0.182 bits per heavy atom. The fraction of sp³-hybridized carbons (Fsp3) is 0. The van der Waals surface area contributed by atoms with Crippen molar-refractivity contribution in [3.63, 3.8) is 0 Å². The highest BCUT2D eigenvalue weighted by Crippen LogP contribution is 2.49. The Kier molecular flexibility index (Phi) is 15.0. The summed E-state index contributed by atoms with van der Waals surface area (Å²) < 4.78 is 0. The van der Waals surface area contributed by atoms with Crippen molar-refractivity contribution in [2.75, 3.05) is 9.80 Å². The second-order valence-corrected chi connectivity index (χ2v) is 25.7. The standard InChI is InChI=1S/C94H63BN4/c1-9-25-64(26-10-1)72-41-47-83(48-42-72)98-89-59-74(66-29-13-3-14-30-66)45-51-85(89)95-86-52-46-75(67-31-15-4-16-32-67)60-90(86)99(84-49-43-73(44-50-84)65-27-11-2-12-28-65)92-62-81(61-91(98)93(92)95)88-63-87(80-55-76(68-33-17-5-18-34-68)53-77(56-80)69-35-19-6-20-36-69)96-94(97-88)82-57-78(70-37-21-7-22-38-70)54-79(58-82)71-39-23-8-24-40-71/h1-63H. The number of hydrogen-bond donors (Lipinski definition) is 0. The van der Waals surface area contributed by atoms with Crippen LogP contribution in [-0.2, 0) is 0 Å². The number of hydrogen-bond acceptors (Lipinski definition) is 4. The minimum Gasteiger partial charge on any atom is -0.311 e. The molecule has 0 saturated heterocycles. The van der Waals surface area contributed by atoms with Crippen LogP contribution >= 0.6 is 0 Å². The van der Waals surface area contributed by atoms with Crippen LogP contribution in [-0.4, -0.2) is 16.7 Å². The van der Waals surface area contributed by atoms with Gasteiger partial charge < -0.3 is 9.80 Å². The van der Waals surface area contributed by atoms with E-state index in [4.69, 9.17) is 9.97 Å². The molecule has 0 saturated carbocycles. The van der Waals surface area contributed by atoms with E-state index in [9.17, 15) is 0 Å². The van der Waals surface area contributed by atoms with E-state index in [0.29, 0.717) is 5.82 Å². The van der Waals surface area contributed by atoms with Crippen LogP contribution in [0.4, 0.5) is 34.1 Å². The molecule has 0 bridgehead atoms. The molecule has 0 radical (unpaired) electrons. The smallest absolute Gasteiger partial charge is 0.252 e. The third-order valence-corrected chi connectivity index (χ3v) is 19.6. The molecule has 18 rings (SSSR count). The minimum absolute atomic E-state index is 0.172. The maximum Gasteiger partial charge on any atom is 0.252 e. The highest BCUT2D eigenvalue weighted by Gasteiger charge is 2.44. The first-order chi connectivity index (χ1) is 49.0. The van der Waals surface area contributed by atoms with Crippen molar-refractivity contribution in [2.45, 2.75) is 0 Å². The van der Waals surface area contributed by atoms with Crippen molar-refractivity contribution in [3.8, 4) is 123 Å². The van der Waals surface area contributed by atoms with Crippen LogP contribution in [0.2, 0.25) is 0 Å². The molecule has 0 N–H and O–H groups in total. The number of nitrogens with zero attached hydrogens (tertiary/aromatic N) is 4. The van der Waals surface area contributed by atoms with Gasteiger partial charge in [0.1, 0.15) is 0 Å². The van der Waals surface area contributed by atoms with Crippen molar-refractivity contribution in [1.82, 2.24) is 9.97 Å². The lowest BCUT2D eigenvalue weighted by molar-refractivity contribution is 1.18. The number of anilines is 6. The lowest BCUT2D eigenvalue weighted by Gasteiger charge is -2.44. The Labute approximate surface area is 578 Å². The van der Waals surface area contributed by atoms with Crippen molar-refractivity contribution in [1.29, 1.82) is 0 Å². The van der Waals surface area contributed by atoms with Crippen LogP contribution in [0.1, 0.15) is 0 Å². The van der Waals surface area contributed by atoms with Crippen molar-refractivity contribution in [3.05, 3.63) is 382 Å². The van der Waals surface area contributed by atoms with Crippen LogP contribution in [0.5, 0.6) is 0 Å². The summed E-state index contributed by atoms with van der Waals surface area (Å²) in [7, 11) is 0. The first-order valence-corrected chi connectivity index (χ1v) is 34.0. The monoisotopic (exact) mass is 1260 g/mol. The molecule has 0 unspecified atom stereocenters. The van der Waals surface area contributed by atoms with Gasteiger partial charge in [0.2, 0.25) is 0 Å². The van der Waals surface area contributed by atoms with E-state index in [-0.39, 0.29) is 6.71 Å². The van der Waals surface area contributed by atoms with Crippen LogP contribution in [0.25, 0.3) is 123 Å². The summed E-state index contributed by atoms with van der Waals surface area (Å²) in [5.41, 5.74) is 32.6. The number of benzene rings is 15. The zero-order valence-corrected chi connectivity index (χ0v) is 54.2. The van der Waals surface area contributed by atoms with Crippen molar-refractivity contribution in [2.24, 2.45) is 0 Å². The summed E-state index contributed by atoms with van der Waals surface area (Å²) in [6.45, 7) is -0.172. The second kappa shape index (κ2) is 25.3. The molecule has 2 aliphatic heterocycles. The molecule has 2 aliphatic rings. The Bertz CT molecular complexity index is 5160. The third-order valence-electron chi connectivity index (χ3n) is 19.6. The summed E-state index contributed by atoms with van der Waals surface area (Å²) in [5, 5.41) is 0. The van der Waals surface area contributed by atoms with E-state index in [2.05, 4.69) is 392 Å². The van der Waals surface area contributed by atoms with Crippen LogP contribution in [0.15, 0.2) is 382 Å². The number of aromatic nitrogens is 2. The average Bonchev–Trinajstić information content (AvgIpc) is 0.695. The Morgan fingerprint density at radius 3 is 0.747 bits per heavy atom. The SMILES string of the molecule is c1ccc(-c2ccc(N3c4cc(-c5ccccc5)ccc4B4c5ccc(-c6ccccc6)cc5N(c5ccc(-c6ccccc6)cc5)c5cc(-c6cc(-c7cc(-c8ccccc8)cc(-c8ccccc8)c7)nc(-c7cc(-c8ccccc8)cc(-c8ccccc8)c7)n6)cc3c54)cc2)cc1. The predicted molar refractivity (Wildman–Crippen MR) is 416 cm³/mol. The summed E-state index contributed by atoms with van der Waals surface area (Å²) in [4.78, 5) is 16.8. The van der Waals surface area contributed by atoms with Gasteiger partial charge in [-0.15, -0.1) is 0 Å². The second-order valence-electron chi connectivity index (χ2n) is 25.7. The molecule has 99 heavy (non-hydrogen) atoms. The Hall–Kier alpha value is -13.0. The van der Waals surface area contributed by atoms with Gasteiger partial charge in [-0.2, -0.15) is 0 Å². The number of fused-ring (bicyclic) bond motifs is 4. The largest absolute Gasteiger partial charge is 0.311 e. The molecule has 3 heterocycles. The highest BCUT2D eigenvalue weighted by molar-refractivity contribution is 7.00. The maximum absolute atomic E-state index is 5.93. The van der Waals surface area contributed by atoms with Crippen molar-refractivity contribution < 1.29 is 0 Å². The Balaban J connectivity index is 0.943. The topological polar surface area (TPSA) is 32.3 Å². The molecule has 16 aromatic rings. The maximum atomic E-state index is 5.93. The molecule has 0 aliphatic carbocycles. The van der Waals surface area contributed by atoms with Gasteiger partial charge in [-0.1, -0.05) is 291 Å². The normalized spacial score (nSPS) is 12.0. The van der Waals surface area contributed by atoms with Crippen LogP contribution < -0.4 is 26.2 Å². The molecule has 0 spiro atoms. The first kappa shape index (κ1) is 58.6. The first-order valence-electron chi connectivity index (χ1n) is 34.0. The molecular weight excluding hydrogens is 1200 g/mol. The molecule has 15 aromatic carbocycles. The van der Waals surface area contributed by atoms with Gasteiger partial charge in [0.05, 0.1) is 11.4 Å². The van der Waals surface area contributed by atoms with Gasteiger partial charge in [0.15, 0.2) is 5.82 Å². The van der Waals surface area contributed by atoms with Gasteiger partial charge >= 0.3 is 0 Å². The van der Waals surface area contributed by atoms with Gasteiger partial charge in [-0.25, -0.2) is 9.97 Å². The van der Waals surface area contributed by atoms with E-state index in [1.165, 1.54) is 27.5 Å². The molecule has 0 amide bonds. The zero-order chi connectivity index (χ0) is 65.6. The predicted octanol–water partition coefficient (Wildman–Crippen LogP) is 22.9. The van der Waals surface area contributed by atoms with E-state index in [1.807, 2.05) is 0 Å². The molecule has 0 fully saturated rings. The van der Waals surface area contributed by atoms with E-state index in [1.54, 1.807) is 0 Å². The molecule has 5 heteroatoms. The fourth-order valence-electron chi connectivity index (χ4n) is 14.8. The molecule has 1 aromatic heterocycles. The van der Waals surface area contributed by atoms with Gasteiger partial charge in [-0.05, 0) is 196 Å². The molecular formula is C94H63BN4. The minimum atomic E-state index is -0.172. The number of rotatable bonds is 13. The molecule has 4 nitrogen and oxygen atoms in total. The van der Waals surface area contributed by atoms with Gasteiger partial charge in [0, 0.05) is 50.8 Å². The lowest BCUT2D eigenvalue weighted by Crippen LogP contribution is -2.61. The average molecular weight is 1260 g/mol. The third kappa shape index (κ3) is 11.2. The zero-order valence-electron chi connectivity index (χ0n) is 54.2. The summed E-state index contributed by atoms with van der Waals surface area (Å²) in [5.74, 6) is 0.616. The fourth-order valence-corrected chi connectivity index (χ4v) is 14.8. The van der Waals surface area contributed by atoms with Crippen LogP contribution in [0, 0.1) is 0 Å². The summed E-state index contributed by atoms with van der Waals surface area (Å²) in [6.07, 6.45) is 0. The lowest BCUT2D eigenvalue weighted by atomic mass is 9.33. The van der Waals surface area contributed by atoms with E-state index < -0.39 is 0 Å². The quantitative estimate of drug-likeness (QED) is 0.108. The Morgan fingerprint density at radius 2 is 0.424 bits per heavy atom. The van der Waals surface area contributed by atoms with Gasteiger partial charge in [-0.3, -0.25) is 0 Å². The molecule has 0 atom stereocenters. The highest BCUT2D eigenvalue weighted by atomic mass is 15.2. The molecule has 462 valence electrons. The van der Waals surface area contributed by atoms with Crippen LogP contribution in [0.3, 0.4) is 0 Å². The summed E-state index contributed by atoms with van der Waals surface area (Å²) in [6, 6.07) is 139.